The fraction of sp³-hybridized carbons (Fsp3) is 0.0952. The van der Waals surface area contributed by atoms with Gasteiger partial charge in [-0.1, -0.05) is 36.4 Å². The van der Waals surface area contributed by atoms with Crippen molar-refractivity contribution in [3.63, 3.8) is 0 Å². The molecule has 2 N–H and O–H groups in total. The van der Waals surface area contributed by atoms with Gasteiger partial charge >= 0.3 is 0 Å². The van der Waals surface area contributed by atoms with Gasteiger partial charge in [0.25, 0.3) is 0 Å². The summed E-state index contributed by atoms with van der Waals surface area (Å²) in [7, 11) is 0. The molecule has 0 spiro atoms. The second kappa shape index (κ2) is 9.00. The molecule has 0 aliphatic rings. The lowest BCUT2D eigenvalue weighted by Gasteiger charge is -2.17. The molecule has 3 rings (SSSR count). The average molecular weight is 377 g/mol. The molecule has 0 aliphatic heterocycles. The Morgan fingerprint density at radius 1 is 0.889 bits per heavy atom. The monoisotopic (exact) mass is 377 g/mol. The molecule has 1 unspecified atom stereocenters. The fourth-order valence-electron chi connectivity index (χ4n) is 2.53. The number of carbonyl (C=O) groups is 2. The van der Waals surface area contributed by atoms with Gasteiger partial charge in [-0.2, -0.15) is 0 Å². The molecule has 0 fully saturated rings. The molecule has 0 bridgehead atoms. The van der Waals surface area contributed by atoms with Crippen LogP contribution in [0.2, 0.25) is 0 Å². The van der Waals surface area contributed by atoms with E-state index in [1.165, 1.54) is 18.7 Å². The lowest BCUT2D eigenvalue weighted by molar-refractivity contribution is -0.116. The van der Waals surface area contributed by atoms with Crippen LogP contribution < -0.4 is 10.6 Å². The van der Waals surface area contributed by atoms with Gasteiger partial charge in [0.1, 0.15) is 5.25 Å². The number of anilines is 2. The average Bonchev–Trinajstić information content (AvgIpc) is 2.67. The molecule has 2 aromatic carbocycles. The van der Waals surface area contributed by atoms with Gasteiger partial charge < -0.3 is 10.6 Å². The number of aromatic nitrogens is 1. The van der Waals surface area contributed by atoms with Crippen LogP contribution in [0.15, 0.2) is 84.0 Å². The van der Waals surface area contributed by atoms with Gasteiger partial charge in [-0.05, 0) is 35.9 Å². The predicted octanol–water partition coefficient (Wildman–Crippen LogP) is 4.51. The van der Waals surface area contributed by atoms with Crippen molar-refractivity contribution < 1.29 is 9.59 Å². The number of amides is 2. The van der Waals surface area contributed by atoms with Gasteiger partial charge in [0.2, 0.25) is 11.8 Å². The molecule has 0 saturated carbocycles. The molecule has 5 nitrogen and oxygen atoms in total. The number of benzene rings is 2. The maximum atomic E-state index is 13.0. The fourth-order valence-corrected chi connectivity index (χ4v) is 3.61. The van der Waals surface area contributed by atoms with E-state index in [0.29, 0.717) is 11.4 Å². The van der Waals surface area contributed by atoms with Crippen LogP contribution in [-0.4, -0.2) is 16.8 Å². The maximum Gasteiger partial charge on any atom is 0.242 e. The molecular weight excluding hydrogens is 358 g/mol. The number of carbonyl (C=O) groups excluding carboxylic acids is 2. The summed E-state index contributed by atoms with van der Waals surface area (Å²) in [6.07, 6.45) is 3.27. The Kier molecular flexibility index (Phi) is 6.22. The zero-order chi connectivity index (χ0) is 19.1. The number of thioether (sulfide) groups is 1. The van der Waals surface area contributed by atoms with Crippen molar-refractivity contribution in [1.29, 1.82) is 0 Å². The minimum Gasteiger partial charge on any atom is -0.326 e. The third-order valence-electron chi connectivity index (χ3n) is 3.70. The molecular formula is C21H19N3O2S. The van der Waals surface area contributed by atoms with E-state index in [2.05, 4.69) is 15.6 Å². The van der Waals surface area contributed by atoms with E-state index in [4.69, 9.17) is 0 Å². The molecule has 1 heterocycles. The molecule has 3 aromatic rings. The van der Waals surface area contributed by atoms with Crippen LogP contribution in [0.5, 0.6) is 0 Å². The molecule has 1 atom stereocenters. The summed E-state index contributed by atoms with van der Waals surface area (Å²) in [4.78, 5) is 29.1. The third-order valence-corrected chi connectivity index (χ3v) is 4.94. The second-order valence-corrected chi connectivity index (χ2v) is 7.02. The minimum absolute atomic E-state index is 0.123. The van der Waals surface area contributed by atoms with Crippen LogP contribution in [0.1, 0.15) is 17.7 Å². The Morgan fingerprint density at radius 3 is 2.33 bits per heavy atom. The summed E-state index contributed by atoms with van der Waals surface area (Å²) < 4.78 is 0. The van der Waals surface area contributed by atoms with E-state index in [1.54, 1.807) is 24.5 Å². The minimum atomic E-state index is -0.438. The van der Waals surface area contributed by atoms with Gasteiger partial charge in [-0.15, -0.1) is 11.8 Å². The Morgan fingerprint density at radius 2 is 1.63 bits per heavy atom. The first kappa shape index (κ1) is 18.7. The van der Waals surface area contributed by atoms with Crippen molar-refractivity contribution >= 4 is 35.0 Å². The first-order valence-corrected chi connectivity index (χ1v) is 9.30. The van der Waals surface area contributed by atoms with Crippen molar-refractivity contribution in [2.45, 2.75) is 17.1 Å². The Bertz CT molecular complexity index is 917. The summed E-state index contributed by atoms with van der Waals surface area (Å²) in [6.45, 7) is 1.47. The molecule has 1 aromatic heterocycles. The highest BCUT2D eigenvalue weighted by atomic mass is 32.2. The molecule has 6 heteroatoms. The molecule has 0 aliphatic carbocycles. The highest BCUT2D eigenvalue weighted by Crippen LogP contribution is 2.37. The molecule has 0 saturated heterocycles. The molecule has 0 radical (unpaired) electrons. The molecule has 27 heavy (non-hydrogen) atoms. The second-order valence-electron chi connectivity index (χ2n) is 5.84. The van der Waals surface area contributed by atoms with Crippen molar-refractivity contribution in [3.8, 4) is 0 Å². The Balaban J connectivity index is 1.84. The van der Waals surface area contributed by atoms with E-state index in [9.17, 15) is 9.59 Å². The van der Waals surface area contributed by atoms with Crippen LogP contribution >= 0.6 is 11.8 Å². The van der Waals surface area contributed by atoms with E-state index < -0.39 is 5.25 Å². The molecule has 136 valence electrons. The zero-order valence-electron chi connectivity index (χ0n) is 14.8. The SMILES string of the molecule is CC(=O)Nc1cccc(SC(C(=O)Nc2ccncc2)c2ccccc2)c1. The Hall–Kier alpha value is -3.12. The number of hydrogen-bond acceptors (Lipinski definition) is 4. The van der Waals surface area contributed by atoms with Gasteiger partial charge in [0, 0.05) is 35.6 Å². The third kappa shape index (κ3) is 5.43. The highest BCUT2D eigenvalue weighted by molar-refractivity contribution is 8.00. The van der Waals surface area contributed by atoms with Crippen LogP contribution in [0, 0.1) is 0 Å². The van der Waals surface area contributed by atoms with E-state index in [1.807, 2.05) is 54.6 Å². The lowest BCUT2D eigenvalue weighted by atomic mass is 10.1. The van der Waals surface area contributed by atoms with Gasteiger partial charge in [-0.3, -0.25) is 14.6 Å². The molecule has 2 amide bonds. The van der Waals surface area contributed by atoms with Gasteiger partial charge in [-0.25, -0.2) is 0 Å². The smallest absolute Gasteiger partial charge is 0.242 e. The van der Waals surface area contributed by atoms with E-state index in [0.717, 1.165) is 10.5 Å². The van der Waals surface area contributed by atoms with E-state index in [-0.39, 0.29) is 11.8 Å². The summed E-state index contributed by atoms with van der Waals surface area (Å²) in [5.41, 5.74) is 2.30. The number of nitrogens with zero attached hydrogens (tertiary/aromatic N) is 1. The quantitative estimate of drug-likeness (QED) is 0.620. The predicted molar refractivity (Wildman–Crippen MR) is 109 cm³/mol. The zero-order valence-corrected chi connectivity index (χ0v) is 15.6. The number of rotatable bonds is 6. The van der Waals surface area contributed by atoms with Crippen molar-refractivity contribution in [2.24, 2.45) is 0 Å². The first-order valence-electron chi connectivity index (χ1n) is 8.42. The number of pyridine rings is 1. The lowest BCUT2D eigenvalue weighted by Crippen LogP contribution is -2.19. The number of nitrogens with one attached hydrogen (secondary N) is 2. The topological polar surface area (TPSA) is 71.1 Å². The maximum absolute atomic E-state index is 13.0. The Labute approximate surface area is 162 Å². The summed E-state index contributed by atoms with van der Waals surface area (Å²) in [6, 6.07) is 20.6. The largest absolute Gasteiger partial charge is 0.326 e. The summed E-state index contributed by atoms with van der Waals surface area (Å²) in [5, 5.41) is 5.27. The normalized spacial score (nSPS) is 11.4. The van der Waals surface area contributed by atoms with Crippen molar-refractivity contribution in [2.75, 3.05) is 10.6 Å². The van der Waals surface area contributed by atoms with Crippen LogP contribution in [0.3, 0.4) is 0 Å². The summed E-state index contributed by atoms with van der Waals surface area (Å²) >= 11 is 1.43. The standard InChI is InChI=1S/C21H19N3O2S/c1-15(25)23-18-8-5-9-19(14-18)27-20(16-6-3-2-4-7-16)21(26)24-17-10-12-22-13-11-17/h2-14,20H,1H3,(H,23,25)(H,22,24,26). The van der Waals surface area contributed by atoms with Gasteiger partial charge in [0.05, 0.1) is 0 Å². The van der Waals surface area contributed by atoms with E-state index >= 15 is 0 Å². The van der Waals surface area contributed by atoms with Crippen LogP contribution in [-0.2, 0) is 9.59 Å². The summed E-state index contributed by atoms with van der Waals surface area (Å²) in [5.74, 6) is -0.255. The first-order chi connectivity index (χ1) is 13.1. The van der Waals surface area contributed by atoms with Crippen molar-refractivity contribution in [1.82, 2.24) is 4.98 Å². The highest BCUT2D eigenvalue weighted by Gasteiger charge is 2.22. The van der Waals surface area contributed by atoms with Crippen LogP contribution in [0.4, 0.5) is 11.4 Å². The van der Waals surface area contributed by atoms with Crippen LogP contribution in [0.25, 0.3) is 0 Å². The van der Waals surface area contributed by atoms with Crippen molar-refractivity contribution in [3.05, 3.63) is 84.7 Å². The van der Waals surface area contributed by atoms with Gasteiger partial charge in [0.15, 0.2) is 0 Å². The number of hydrogen-bond donors (Lipinski definition) is 2.